The lowest BCUT2D eigenvalue weighted by Gasteiger charge is -2.19. The number of hydrogen-bond donors (Lipinski definition) is 2. The van der Waals surface area contributed by atoms with Crippen LogP contribution in [0.1, 0.15) is 5.69 Å². The van der Waals surface area contributed by atoms with Crippen molar-refractivity contribution >= 4 is 11.3 Å². The molecule has 1 aromatic carbocycles. The maximum absolute atomic E-state index is 9.16. The fourth-order valence-corrected chi connectivity index (χ4v) is 3.64. The molecule has 0 spiro atoms. The highest BCUT2D eigenvalue weighted by Gasteiger charge is 2.11. The lowest BCUT2D eigenvalue weighted by atomic mass is 10.2. The highest BCUT2D eigenvalue weighted by Crippen LogP contribution is 2.32. The molecule has 0 aliphatic carbocycles. The van der Waals surface area contributed by atoms with E-state index in [2.05, 4.69) is 4.98 Å². The van der Waals surface area contributed by atoms with E-state index < -0.39 is 0 Å². The Morgan fingerprint density at radius 3 is 2.44 bits per heavy atom. The summed E-state index contributed by atoms with van der Waals surface area (Å²) in [6, 6.07) is 13.8. The van der Waals surface area contributed by atoms with Crippen molar-refractivity contribution in [2.24, 2.45) is 0 Å². The molecule has 0 saturated heterocycles. The summed E-state index contributed by atoms with van der Waals surface area (Å²) in [4.78, 5) is 12.3. The zero-order valence-corrected chi connectivity index (χ0v) is 16.0. The number of aliphatic hydroxyl groups is 2. The van der Waals surface area contributed by atoms with E-state index in [0.29, 0.717) is 19.6 Å². The Morgan fingerprint density at radius 1 is 1.04 bits per heavy atom. The second-order valence-corrected chi connectivity index (χ2v) is 7.03. The van der Waals surface area contributed by atoms with Gasteiger partial charge in [0.1, 0.15) is 10.8 Å². The first-order chi connectivity index (χ1) is 13.2. The molecule has 3 rings (SSSR count). The Morgan fingerprint density at radius 2 is 1.78 bits per heavy atom. The molecule has 0 amide bonds. The zero-order chi connectivity index (χ0) is 19.1. The summed E-state index contributed by atoms with van der Waals surface area (Å²) in [5.41, 5.74) is 2.80. The molecular weight excluding hydrogens is 362 g/mol. The van der Waals surface area contributed by atoms with Gasteiger partial charge in [-0.3, -0.25) is 4.90 Å². The van der Waals surface area contributed by atoms with Gasteiger partial charge >= 0.3 is 0 Å². The topological polar surface area (TPSA) is 78.7 Å². The number of benzene rings is 1. The van der Waals surface area contributed by atoms with Crippen LogP contribution in [-0.4, -0.2) is 58.5 Å². The molecular formula is C20H23N3O3S. The molecule has 2 heterocycles. The first kappa shape index (κ1) is 19.4. The number of ether oxygens (including phenoxy) is 1. The second kappa shape index (κ2) is 9.57. The van der Waals surface area contributed by atoms with E-state index in [9.17, 15) is 0 Å². The summed E-state index contributed by atoms with van der Waals surface area (Å²) in [6.45, 7) is 1.69. The summed E-state index contributed by atoms with van der Waals surface area (Å²) in [5, 5.41) is 19.2. The van der Waals surface area contributed by atoms with Crippen LogP contribution >= 0.6 is 11.3 Å². The van der Waals surface area contributed by atoms with Gasteiger partial charge in [0.15, 0.2) is 0 Å². The molecule has 6 nitrogen and oxygen atoms in total. The molecule has 0 unspecified atom stereocenters. The van der Waals surface area contributed by atoms with Crippen LogP contribution in [0.4, 0.5) is 0 Å². The Hall–Kier alpha value is -2.32. The van der Waals surface area contributed by atoms with E-state index in [4.69, 9.17) is 19.9 Å². The molecule has 2 N–H and O–H groups in total. The van der Waals surface area contributed by atoms with E-state index in [1.165, 1.54) is 0 Å². The van der Waals surface area contributed by atoms with Gasteiger partial charge in [-0.05, 0) is 42.0 Å². The minimum atomic E-state index is 0.0530. The van der Waals surface area contributed by atoms with E-state index in [-0.39, 0.29) is 13.2 Å². The average Bonchev–Trinajstić information content (AvgIpc) is 3.19. The van der Waals surface area contributed by atoms with Crippen molar-refractivity contribution in [2.75, 3.05) is 33.4 Å². The molecule has 0 aliphatic rings. The molecule has 142 valence electrons. The van der Waals surface area contributed by atoms with Gasteiger partial charge in [-0.15, -0.1) is 11.3 Å². The lowest BCUT2D eigenvalue weighted by molar-refractivity contribution is 0.155. The average molecular weight is 385 g/mol. The SMILES string of the molecule is COc1ccc(-c2cnc(-c3cccc(CN(CCO)CCO)n3)s2)cc1. The van der Waals surface area contributed by atoms with E-state index >= 15 is 0 Å². The third-order valence-corrected chi connectivity index (χ3v) is 5.19. The largest absolute Gasteiger partial charge is 0.497 e. The number of pyridine rings is 1. The van der Waals surface area contributed by atoms with Gasteiger partial charge in [-0.25, -0.2) is 9.97 Å². The highest BCUT2D eigenvalue weighted by atomic mass is 32.1. The van der Waals surface area contributed by atoms with Gasteiger partial charge < -0.3 is 14.9 Å². The maximum Gasteiger partial charge on any atom is 0.142 e. The highest BCUT2D eigenvalue weighted by molar-refractivity contribution is 7.18. The Bertz CT molecular complexity index is 846. The minimum absolute atomic E-state index is 0.0530. The number of aliphatic hydroxyl groups excluding tert-OH is 2. The molecule has 27 heavy (non-hydrogen) atoms. The fraction of sp³-hybridized carbons (Fsp3) is 0.300. The molecule has 0 aliphatic heterocycles. The summed E-state index contributed by atoms with van der Waals surface area (Å²) < 4.78 is 5.20. The fourth-order valence-electron chi connectivity index (χ4n) is 2.75. The second-order valence-electron chi connectivity index (χ2n) is 6.00. The monoisotopic (exact) mass is 385 g/mol. The standard InChI is InChI=1S/C20H23N3O3S/c1-26-17-7-5-15(6-8-17)19-13-21-20(27-19)18-4-2-3-16(22-18)14-23(9-11-24)10-12-25/h2-8,13,24-25H,9-12,14H2,1H3. The van der Waals surface area contributed by atoms with Crippen molar-refractivity contribution in [1.82, 2.24) is 14.9 Å². The molecule has 0 fully saturated rings. The molecule has 0 saturated carbocycles. The predicted octanol–water partition coefficient (Wildman–Crippen LogP) is 2.67. The van der Waals surface area contributed by atoms with Crippen LogP contribution in [-0.2, 0) is 6.54 Å². The Balaban J connectivity index is 1.77. The third kappa shape index (κ3) is 5.11. The van der Waals surface area contributed by atoms with Crippen molar-refractivity contribution in [2.45, 2.75) is 6.54 Å². The number of rotatable bonds is 9. The van der Waals surface area contributed by atoms with Crippen LogP contribution in [0.3, 0.4) is 0 Å². The first-order valence-electron chi connectivity index (χ1n) is 8.74. The zero-order valence-electron chi connectivity index (χ0n) is 15.2. The number of nitrogens with zero attached hydrogens (tertiary/aromatic N) is 3. The summed E-state index contributed by atoms with van der Waals surface area (Å²) in [7, 11) is 1.65. The molecule has 3 aromatic rings. The van der Waals surface area contributed by atoms with Gasteiger partial charge in [0.2, 0.25) is 0 Å². The third-order valence-electron chi connectivity index (χ3n) is 4.12. The van der Waals surface area contributed by atoms with Crippen LogP contribution in [0.2, 0.25) is 0 Å². The van der Waals surface area contributed by atoms with E-state index in [0.717, 1.165) is 32.6 Å². The number of hydrogen-bond acceptors (Lipinski definition) is 7. The van der Waals surface area contributed by atoms with Gasteiger partial charge in [0, 0.05) is 25.8 Å². The summed E-state index contributed by atoms with van der Waals surface area (Å²) in [6.07, 6.45) is 1.86. The Labute approximate surface area is 162 Å². The van der Waals surface area contributed by atoms with Crippen molar-refractivity contribution < 1.29 is 14.9 Å². The number of methoxy groups -OCH3 is 1. The predicted molar refractivity (Wildman–Crippen MR) is 107 cm³/mol. The van der Waals surface area contributed by atoms with Crippen molar-refractivity contribution in [3.63, 3.8) is 0 Å². The normalized spacial score (nSPS) is 11.1. The van der Waals surface area contributed by atoms with Crippen LogP contribution in [0.25, 0.3) is 21.1 Å². The van der Waals surface area contributed by atoms with Gasteiger partial charge in [0.25, 0.3) is 0 Å². The minimum Gasteiger partial charge on any atom is -0.497 e. The van der Waals surface area contributed by atoms with Crippen LogP contribution in [0, 0.1) is 0 Å². The van der Waals surface area contributed by atoms with Crippen molar-refractivity contribution in [3.8, 4) is 26.9 Å². The van der Waals surface area contributed by atoms with Gasteiger partial charge in [-0.1, -0.05) is 6.07 Å². The molecule has 0 radical (unpaired) electrons. The van der Waals surface area contributed by atoms with E-state index in [1.807, 2.05) is 53.6 Å². The number of aromatic nitrogens is 2. The van der Waals surface area contributed by atoms with Crippen molar-refractivity contribution in [1.29, 1.82) is 0 Å². The first-order valence-corrected chi connectivity index (χ1v) is 9.55. The Kier molecular flexibility index (Phi) is 6.89. The molecule has 0 atom stereocenters. The quantitative estimate of drug-likeness (QED) is 0.590. The number of thiazole rings is 1. The smallest absolute Gasteiger partial charge is 0.142 e. The van der Waals surface area contributed by atoms with Crippen molar-refractivity contribution in [3.05, 3.63) is 54.4 Å². The van der Waals surface area contributed by atoms with Crippen LogP contribution < -0.4 is 4.74 Å². The van der Waals surface area contributed by atoms with E-state index in [1.54, 1.807) is 18.4 Å². The lowest BCUT2D eigenvalue weighted by Crippen LogP contribution is -2.29. The maximum atomic E-state index is 9.16. The molecule has 7 heteroatoms. The molecule has 2 aromatic heterocycles. The van der Waals surface area contributed by atoms with Crippen LogP contribution in [0.15, 0.2) is 48.7 Å². The summed E-state index contributed by atoms with van der Waals surface area (Å²) >= 11 is 1.59. The summed E-state index contributed by atoms with van der Waals surface area (Å²) in [5.74, 6) is 0.827. The van der Waals surface area contributed by atoms with Gasteiger partial charge in [0.05, 0.1) is 36.6 Å². The van der Waals surface area contributed by atoms with Gasteiger partial charge in [-0.2, -0.15) is 0 Å². The molecule has 0 bridgehead atoms. The van der Waals surface area contributed by atoms with Crippen LogP contribution in [0.5, 0.6) is 5.75 Å².